The average Bonchev–Trinajstić information content (AvgIpc) is 3.35. The molecule has 0 rings (SSSR count). The second-order valence-corrected chi connectivity index (χ2v) is 18.8. The molecule has 0 radical (unpaired) electrons. The standard InChI is InChI=1S/C63H106O6/c1-4-7-10-13-16-19-22-25-28-30-31-33-36-38-41-44-47-50-53-56-62(65)68-59-60(69-63(66)57-54-51-48-45-42-39-34-27-24-21-18-15-12-9-6-3)58-67-61(64)55-52-49-46-43-40-37-35-32-29-26-23-20-17-14-11-8-5-2/h9,12,17-18,20-21,25-29,34-35,37,43,46,60H,4-8,10-11,13-16,19,22-24,30-33,36,38-42,44-45,47-59H2,1-3H3/b12-9-,20-17-,21-18-,28-25-,29-26-,34-27-,37-35-,46-43-/t60-/m1/s1. The fourth-order valence-electron chi connectivity index (χ4n) is 7.74. The molecule has 0 heterocycles. The van der Waals surface area contributed by atoms with Crippen molar-refractivity contribution in [3.05, 3.63) is 97.2 Å². The van der Waals surface area contributed by atoms with Crippen LogP contribution < -0.4 is 0 Å². The van der Waals surface area contributed by atoms with Gasteiger partial charge in [0.05, 0.1) is 0 Å². The van der Waals surface area contributed by atoms with Gasteiger partial charge in [-0.1, -0.05) is 227 Å². The average molecular weight is 960 g/mol. The number of rotatable bonds is 51. The fourth-order valence-corrected chi connectivity index (χ4v) is 7.74. The highest BCUT2D eigenvalue weighted by Gasteiger charge is 2.19. The third-order valence-corrected chi connectivity index (χ3v) is 12.0. The number of esters is 3. The van der Waals surface area contributed by atoms with Gasteiger partial charge in [0.1, 0.15) is 13.2 Å². The molecule has 0 aromatic carbocycles. The highest BCUT2D eigenvalue weighted by Crippen LogP contribution is 2.14. The number of carbonyl (C=O) groups is 3. The van der Waals surface area contributed by atoms with Crippen LogP contribution in [-0.4, -0.2) is 37.2 Å². The second kappa shape index (κ2) is 56.9. The molecule has 6 heteroatoms. The van der Waals surface area contributed by atoms with E-state index in [1.54, 1.807) is 0 Å². The summed E-state index contributed by atoms with van der Waals surface area (Å²) >= 11 is 0. The van der Waals surface area contributed by atoms with E-state index >= 15 is 0 Å². The maximum atomic E-state index is 12.8. The zero-order chi connectivity index (χ0) is 50.0. The summed E-state index contributed by atoms with van der Waals surface area (Å²) in [5.74, 6) is -0.978. The summed E-state index contributed by atoms with van der Waals surface area (Å²) in [5, 5.41) is 0. The van der Waals surface area contributed by atoms with Gasteiger partial charge in [-0.3, -0.25) is 14.4 Å². The Bertz CT molecular complexity index is 1380. The smallest absolute Gasteiger partial charge is 0.306 e. The largest absolute Gasteiger partial charge is 0.462 e. The van der Waals surface area contributed by atoms with Gasteiger partial charge >= 0.3 is 17.9 Å². The number of hydrogen-bond donors (Lipinski definition) is 0. The van der Waals surface area contributed by atoms with Crippen LogP contribution in [0.1, 0.15) is 265 Å². The van der Waals surface area contributed by atoms with Gasteiger partial charge in [0.2, 0.25) is 0 Å². The molecule has 0 spiro atoms. The zero-order valence-corrected chi connectivity index (χ0v) is 45.0. The fraction of sp³-hybridized carbons (Fsp3) is 0.698. The normalized spacial score (nSPS) is 12.8. The van der Waals surface area contributed by atoms with E-state index in [0.29, 0.717) is 19.3 Å². The van der Waals surface area contributed by atoms with Gasteiger partial charge in [-0.05, 0) is 116 Å². The minimum atomic E-state index is -0.811. The Hall–Kier alpha value is -3.67. The van der Waals surface area contributed by atoms with Crippen molar-refractivity contribution >= 4 is 17.9 Å². The molecule has 0 aliphatic heterocycles. The molecule has 394 valence electrons. The van der Waals surface area contributed by atoms with E-state index in [-0.39, 0.29) is 37.5 Å². The first-order chi connectivity index (χ1) is 34.0. The molecule has 0 unspecified atom stereocenters. The molecule has 1 atom stereocenters. The van der Waals surface area contributed by atoms with Gasteiger partial charge in [-0.15, -0.1) is 0 Å². The van der Waals surface area contributed by atoms with E-state index in [4.69, 9.17) is 14.2 Å². The molecular weight excluding hydrogens is 853 g/mol. The third kappa shape index (κ3) is 55.1. The van der Waals surface area contributed by atoms with Gasteiger partial charge in [0.25, 0.3) is 0 Å². The Morgan fingerprint density at radius 1 is 0.304 bits per heavy atom. The Kier molecular flexibility index (Phi) is 53.9. The van der Waals surface area contributed by atoms with E-state index in [0.717, 1.165) is 103 Å². The Morgan fingerprint density at radius 2 is 0.580 bits per heavy atom. The summed E-state index contributed by atoms with van der Waals surface area (Å²) < 4.78 is 16.8. The first-order valence-corrected chi connectivity index (χ1v) is 28.7. The van der Waals surface area contributed by atoms with Gasteiger partial charge < -0.3 is 14.2 Å². The Labute approximate surface area is 426 Å². The number of hydrogen-bond acceptors (Lipinski definition) is 6. The molecule has 6 nitrogen and oxygen atoms in total. The molecule has 0 amide bonds. The van der Waals surface area contributed by atoms with Crippen molar-refractivity contribution in [2.24, 2.45) is 0 Å². The van der Waals surface area contributed by atoms with Gasteiger partial charge in [-0.2, -0.15) is 0 Å². The monoisotopic (exact) mass is 959 g/mol. The topological polar surface area (TPSA) is 78.9 Å². The lowest BCUT2D eigenvalue weighted by molar-refractivity contribution is -0.167. The first-order valence-electron chi connectivity index (χ1n) is 28.7. The molecule has 0 aliphatic carbocycles. The van der Waals surface area contributed by atoms with Crippen molar-refractivity contribution in [1.82, 2.24) is 0 Å². The SMILES string of the molecule is CC/C=C\C/C=C\C/C=C\CCCCCCCC(=O)O[C@H](COC(=O)CCC/C=C\C/C=C\C/C=C\C/C=C\CCCCC)COC(=O)CCCCCCCCCCC/C=C\CCCCCCCC. The van der Waals surface area contributed by atoms with Gasteiger partial charge in [0, 0.05) is 19.3 Å². The third-order valence-electron chi connectivity index (χ3n) is 12.0. The molecule has 0 aromatic rings. The van der Waals surface area contributed by atoms with Crippen LogP contribution in [0.25, 0.3) is 0 Å². The molecule has 0 saturated carbocycles. The van der Waals surface area contributed by atoms with Crippen LogP contribution >= 0.6 is 0 Å². The van der Waals surface area contributed by atoms with E-state index in [2.05, 4.69) is 118 Å². The Morgan fingerprint density at radius 3 is 0.986 bits per heavy atom. The van der Waals surface area contributed by atoms with E-state index in [9.17, 15) is 14.4 Å². The van der Waals surface area contributed by atoms with Crippen molar-refractivity contribution in [3.8, 4) is 0 Å². The lowest BCUT2D eigenvalue weighted by Gasteiger charge is -2.18. The number of ether oxygens (including phenoxy) is 3. The van der Waals surface area contributed by atoms with Crippen molar-refractivity contribution in [3.63, 3.8) is 0 Å². The summed E-state index contributed by atoms with van der Waals surface area (Å²) in [6.45, 7) is 6.44. The first kappa shape index (κ1) is 65.3. The van der Waals surface area contributed by atoms with Crippen LogP contribution in [0.2, 0.25) is 0 Å². The lowest BCUT2D eigenvalue weighted by Crippen LogP contribution is -2.30. The summed E-state index contributed by atoms with van der Waals surface area (Å²) in [6, 6.07) is 0. The van der Waals surface area contributed by atoms with Crippen LogP contribution in [-0.2, 0) is 28.6 Å². The van der Waals surface area contributed by atoms with Crippen LogP contribution in [0, 0.1) is 0 Å². The highest BCUT2D eigenvalue weighted by molar-refractivity contribution is 5.71. The second-order valence-electron chi connectivity index (χ2n) is 18.8. The molecule has 69 heavy (non-hydrogen) atoms. The minimum Gasteiger partial charge on any atom is -0.462 e. The Balaban J connectivity index is 4.47. The summed E-state index contributed by atoms with van der Waals surface area (Å²) in [4.78, 5) is 38.1. The minimum absolute atomic E-state index is 0.103. The van der Waals surface area contributed by atoms with E-state index in [1.165, 1.54) is 116 Å². The molecule has 0 bridgehead atoms. The lowest BCUT2D eigenvalue weighted by atomic mass is 10.1. The molecule has 0 saturated heterocycles. The number of unbranched alkanes of at least 4 members (excludes halogenated alkanes) is 24. The molecule has 0 aliphatic rings. The van der Waals surface area contributed by atoms with Crippen LogP contribution in [0.15, 0.2) is 97.2 Å². The molecular formula is C63H106O6. The van der Waals surface area contributed by atoms with Crippen molar-refractivity contribution in [2.45, 2.75) is 271 Å². The summed E-state index contributed by atoms with van der Waals surface area (Å²) in [6.07, 6.45) is 75.4. The van der Waals surface area contributed by atoms with Crippen LogP contribution in [0.5, 0.6) is 0 Å². The molecule has 0 fully saturated rings. The summed E-state index contributed by atoms with van der Waals surface area (Å²) in [7, 11) is 0. The predicted molar refractivity (Wildman–Crippen MR) is 297 cm³/mol. The van der Waals surface area contributed by atoms with Gasteiger partial charge in [-0.25, -0.2) is 0 Å². The van der Waals surface area contributed by atoms with Crippen LogP contribution in [0.4, 0.5) is 0 Å². The van der Waals surface area contributed by atoms with Crippen LogP contribution in [0.3, 0.4) is 0 Å². The van der Waals surface area contributed by atoms with Crippen molar-refractivity contribution in [2.75, 3.05) is 13.2 Å². The molecule has 0 aromatic heterocycles. The number of carbonyl (C=O) groups excluding carboxylic acids is 3. The van der Waals surface area contributed by atoms with Crippen molar-refractivity contribution < 1.29 is 28.6 Å². The van der Waals surface area contributed by atoms with Gasteiger partial charge in [0.15, 0.2) is 6.10 Å². The zero-order valence-electron chi connectivity index (χ0n) is 45.0. The van der Waals surface area contributed by atoms with E-state index < -0.39 is 6.10 Å². The molecule has 0 N–H and O–H groups in total. The van der Waals surface area contributed by atoms with Crippen molar-refractivity contribution in [1.29, 1.82) is 0 Å². The van der Waals surface area contributed by atoms with E-state index in [1.807, 2.05) is 0 Å². The maximum absolute atomic E-state index is 12.8. The predicted octanol–water partition coefficient (Wildman–Crippen LogP) is 19.3. The summed E-state index contributed by atoms with van der Waals surface area (Å²) in [5.41, 5.74) is 0. The number of allylic oxidation sites excluding steroid dienone is 16. The highest BCUT2D eigenvalue weighted by atomic mass is 16.6. The quantitative estimate of drug-likeness (QED) is 0.0262. The maximum Gasteiger partial charge on any atom is 0.306 e.